The van der Waals surface area contributed by atoms with Gasteiger partial charge in [0.05, 0.1) is 12.7 Å². The lowest BCUT2D eigenvalue weighted by Gasteiger charge is -2.13. The SMILES string of the molecule is COC(=O)c1ccc2c(c1)CC/C(Br)=C\CC2. The van der Waals surface area contributed by atoms with Gasteiger partial charge in [0, 0.05) is 0 Å². The van der Waals surface area contributed by atoms with Gasteiger partial charge >= 0.3 is 5.97 Å². The summed E-state index contributed by atoms with van der Waals surface area (Å²) < 4.78 is 6.00. The lowest BCUT2D eigenvalue weighted by atomic mass is 9.94. The molecular formula is C14H15BrO2. The average molecular weight is 295 g/mol. The van der Waals surface area contributed by atoms with Crippen LogP contribution in [0.4, 0.5) is 0 Å². The molecule has 0 aliphatic heterocycles. The molecule has 90 valence electrons. The monoisotopic (exact) mass is 294 g/mol. The molecular weight excluding hydrogens is 280 g/mol. The Morgan fingerprint density at radius 2 is 2.06 bits per heavy atom. The molecule has 0 radical (unpaired) electrons. The van der Waals surface area contributed by atoms with Crippen molar-refractivity contribution in [2.24, 2.45) is 0 Å². The smallest absolute Gasteiger partial charge is 0.337 e. The van der Waals surface area contributed by atoms with Crippen LogP contribution in [0.3, 0.4) is 0 Å². The van der Waals surface area contributed by atoms with Gasteiger partial charge in [-0.15, -0.1) is 0 Å². The predicted octanol–water partition coefficient (Wildman–Crippen LogP) is 3.63. The van der Waals surface area contributed by atoms with Crippen molar-refractivity contribution in [2.75, 3.05) is 7.11 Å². The highest BCUT2D eigenvalue weighted by atomic mass is 79.9. The van der Waals surface area contributed by atoms with Crippen LogP contribution >= 0.6 is 15.9 Å². The van der Waals surface area contributed by atoms with E-state index in [2.05, 4.69) is 28.1 Å². The van der Waals surface area contributed by atoms with Crippen LogP contribution in [0.15, 0.2) is 28.8 Å². The lowest BCUT2D eigenvalue weighted by Crippen LogP contribution is -2.05. The van der Waals surface area contributed by atoms with Crippen LogP contribution in [0, 0.1) is 0 Å². The topological polar surface area (TPSA) is 26.3 Å². The Balaban J connectivity index is 2.29. The van der Waals surface area contributed by atoms with Gasteiger partial charge < -0.3 is 4.74 Å². The van der Waals surface area contributed by atoms with Crippen LogP contribution in [-0.2, 0) is 17.6 Å². The van der Waals surface area contributed by atoms with E-state index in [0.717, 1.165) is 25.7 Å². The van der Waals surface area contributed by atoms with Crippen molar-refractivity contribution in [2.45, 2.75) is 25.7 Å². The molecule has 0 aromatic heterocycles. The maximum Gasteiger partial charge on any atom is 0.337 e. The van der Waals surface area contributed by atoms with E-state index in [1.54, 1.807) is 0 Å². The van der Waals surface area contributed by atoms with Crippen LogP contribution in [0.2, 0.25) is 0 Å². The Bertz CT molecular complexity index is 463. The highest BCUT2D eigenvalue weighted by molar-refractivity contribution is 9.11. The molecule has 2 nitrogen and oxygen atoms in total. The molecule has 0 spiro atoms. The number of esters is 1. The molecule has 3 heteroatoms. The van der Waals surface area contributed by atoms with Crippen LogP contribution in [0.25, 0.3) is 0 Å². The molecule has 0 saturated heterocycles. The second-order valence-corrected chi connectivity index (χ2v) is 5.18. The first kappa shape index (κ1) is 12.4. The average Bonchev–Trinajstić information content (AvgIpc) is 2.33. The zero-order chi connectivity index (χ0) is 12.3. The normalized spacial score (nSPS) is 18.4. The number of rotatable bonds is 1. The van der Waals surface area contributed by atoms with Gasteiger partial charge in [-0.25, -0.2) is 4.79 Å². The first-order valence-corrected chi connectivity index (χ1v) is 6.54. The zero-order valence-corrected chi connectivity index (χ0v) is 11.4. The first-order valence-electron chi connectivity index (χ1n) is 5.75. The summed E-state index contributed by atoms with van der Waals surface area (Å²) in [7, 11) is 1.42. The number of hydrogen-bond acceptors (Lipinski definition) is 2. The van der Waals surface area contributed by atoms with Gasteiger partial charge in [-0.3, -0.25) is 0 Å². The minimum absolute atomic E-state index is 0.260. The summed E-state index contributed by atoms with van der Waals surface area (Å²) in [5.74, 6) is -0.260. The van der Waals surface area contributed by atoms with Crippen LogP contribution in [-0.4, -0.2) is 13.1 Å². The molecule has 1 aliphatic carbocycles. The number of methoxy groups -OCH3 is 1. The largest absolute Gasteiger partial charge is 0.465 e. The van der Waals surface area contributed by atoms with Gasteiger partial charge in [-0.05, 0) is 53.4 Å². The molecule has 0 N–H and O–H groups in total. The highest BCUT2D eigenvalue weighted by Gasteiger charge is 2.11. The third kappa shape index (κ3) is 2.97. The summed E-state index contributed by atoms with van der Waals surface area (Å²) in [4.78, 5) is 11.5. The fourth-order valence-electron chi connectivity index (χ4n) is 2.09. The minimum atomic E-state index is -0.260. The zero-order valence-electron chi connectivity index (χ0n) is 9.83. The molecule has 0 saturated carbocycles. The Morgan fingerprint density at radius 1 is 1.24 bits per heavy atom. The molecule has 0 amide bonds. The second kappa shape index (κ2) is 5.50. The number of carbonyl (C=O) groups is 1. The van der Waals surface area contributed by atoms with E-state index in [1.165, 1.54) is 22.7 Å². The standard InChI is InChI=1S/C14H15BrO2/c1-17-14(16)12-6-5-10-3-2-4-13(15)8-7-11(10)9-12/h4-6,9H,2-3,7-8H2,1H3/b13-4+. The van der Waals surface area contributed by atoms with E-state index >= 15 is 0 Å². The van der Waals surface area contributed by atoms with Gasteiger partial charge in [-0.2, -0.15) is 0 Å². The van der Waals surface area contributed by atoms with Crippen molar-refractivity contribution in [1.82, 2.24) is 0 Å². The molecule has 1 aromatic rings. The predicted molar refractivity (Wildman–Crippen MR) is 71.4 cm³/mol. The summed E-state index contributed by atoms with van der Waals surface area (Å²) in [5.41, 5.74) is 3.25. The van der Waals surface area contributed by atoms with Crippen LogP contribution < -0.4 is 0 Å². The fraction of sp³-hybridized carbons (Fsp3) is 0.357. The Labute approximate surface area is 110 Å². The third-order valence-corrected chi connectivity index (χ3v) is 3.76. The fourth-order valence-corrected chi connectivity index (χ4v) is 2.51. The second-order valence-electron chi connectivity index (χ2n) is 4.16. The summed E-state index contributed by atoms with van der Waals surface area (Å²) >= 11 is 3.56. The number of benzene rings is 1. The molecule has 0 unspecified atom stereocenters. The molecule has 0 bridgehead atoms. The van der Waals surface area contributed by atoms with Gasteiger partial charge in [0.2, 0.25) is 0 Å². The van der Waals surface area contributed by atoms with Gasteiger partial charge in [0.25, 0.3) is 0 Å². The van der Waals surface area contributed by atoms with Crippen molar-refractivity contribution >= 4 is 21.9 Å². The third-order valence-electron chi connectivity index (χ3n) is 3.04. The van der Waals surface area contributed by atoms with E-state index in [0.29, 0.717) is 5.56 Å². The maximum absolute atomic E-state index is 11.5. The quantitative estimate of drug-likeness (QED) is 0.740. The van der Waals surface area contributed by atoms with Crippen molar-refractivity contribution < 1.29 is 9.53 Å². The van der Waals surface area contributed by atoms with E-state index in [4.69, 9.17) is 4.74 Å². The van der Waals surface area contributed by atoms with Crippen LogP contribution in [0.1, 0.15) is 34.3 Å². The first-order chi connectivity index (χ1) is 8.20. The number of hydrogen-bond donors (Lipinski definition) is 0. The van der Waals surface area contributed by atoms with Gasteiger partial charge in [-0.1, -0.05) is 28.1 Å². The summed E-state index contributed by atoms with van der Waals surface area (Å²) in [6.07, 6.45) is 6.28. The van der Waals surface area contributed by atoms with Crippen molar-refractivity contribution in [1.29, 1.82) is 0 Å². The van der Waals surface area contributed by atoms with Crippen molar-refractivity contribution in [3.05, 3.63) is 45.4 Å². The van der Waals surface area contributed by atoms with E-state index in [1.807, 2.05) is 12.1 Å². The number of ether oxygens (including phenoxy) is 1. The number of fused-ring (bicyclic) bond motifs is 1. The number of aryl methyl sites for hydroxylation is 2. The Morgan fingerprint density at radius 3 is 2.82 bits per heavy atom. The highest BCUT2D eigenvalue weighted by Crippen LogP contribution is 2.24. The van der Waals surface area contributed by atoms with Gasteiger partial charge in [0.1, 0.15) is 0 Å². The summed E-state index contributed by atoms with van der Waals surface area (Å²) in [6, 6.07) is 5.87. The lowest BCUT2D eigenvalue weighted by molar-refractivity contribution is 0.0600. The van der Waals surface area contributed by atoms with Crippen LogP contribution in [0.5, 0.6) is 0 Å². The molecule has 0 fully saturated rings. The van der Waals surface area contributed by atoms with E-state index < -0.39 is 0 Å². The summed E-state index contributed by atoms with van der Waals surface area (Å²) in [5, 5.41) is 0. The number of allylic oxidation sites excluding steroid dienone is 2. The van der Waals surface area contributed by atoms with Crippen molar-refractivity contribution in [3.8, 4) is 0 Å². The minimum Gasteiger partial charge on any atom is -0.465 e. The number of carbonyl (C=O) groups excluding carboxylic acids is 1. The molecule has 0 heterocycles. The summed E-state index contributed by atoms with van der Waals surface area (Å²) in [6.45, 7) is 0. The van der Waals surface area contributed by atoms with Crippen molar-refractivity contribution in [3.63, 3.8) is 0 Å². The molecule has 0 atom stereocenters. The molecule has 17 heavy (non-hydrogen) atoms. The molecule has 1 aliphatic rings. The van der Waals surface area contributed by atoms with E-state index in [9.17, 15) is 4.79 Å². The number of halogens is 1. The molecule has 1 aromatic carbocycles. The Kier molecular flexibility index (Phi) is 4.00. The Hall–Kier alpha value is -1.09. The van der Waals surface area contributed by atoms with Gasteiger partial charge in [0.15, 0.2) is 0 Å². The molecule has 2 rings (SSSR count). The van der Waals surface area contributed by atoms with E-state index in [-0.39, 0.29) is 5.97 Å². The maximum atomic E-state index is 11.5.